The molecule has 0 atom stereocenters. The molecule has 3 aromatic rings. The first-order valence-electron chi connectivity index (χ1n) is 6.55. The average molecular weight is 301 g/mol. The van der Waals surface area contributed by atoms with Crippen LogP contribution in [0.3, 0.4) is 0 Å². The second kappa shape index (κ2) is 5.61. The minimum atomic E-state index is 0.488. The van der Waals surface area contributed by atoms with Crippen molar-refractivity contribution in [2.75, 3.05) is 12.3 Å². The molecule has 108 valence electrons. The Morgan fingerprint density at radius 2 is 2.19 bits per heavy atom. The molecule has 0 aliphatic rings. The van der Waals surface area contributed by atoms with Crippen LogP contribution in [0.1, 0.15) is 12.5 Å². The van der Waals surface area contributed by atoms with E-state index >= 15 is 0 Å². The lowest BCUT2D eigenvalue weighted by Gasteiger charge is -2.03. The second-order valence-electron chi connectivity index (χ2n) is 4.45. The molecule has 0 aliphatic heterocycles. The standard InChI is InChI=1S/C14H15N5OS/c1-3-20-9-4-5-10-11(6-9)19-14(18-10)21-13-8(2)12(15)16-7-17-13/h4-7H,3H2,1-2H3,(H,18,19)(H2,15,16,17). The van der Waals surface area contributed by atoms with Crippen molar-refractivity contribution in [3.8, 4) is 5.75 Å². The summed E-state index contributed by atoms with van der Waals surface area (Å²) < 4.78 is 5.48. The van der Waals surface area contributed by atoms with Gasteiger partial charge >= 0.3 is 0 Å². The number of nitrogens with zero attached hydrogens (tertiary/aromatic N) is 3. The molecule has 0 unspecified atom stereocenters. The van der Waals surface area contributed by atoms with E-state index in [4.69, 9.17) is 10.5 Å². The molecule has 6 nitrogen and oxygen atoms in total. The van der Waals surface area contributed by atoms with Crippen molar-refractivity contribution in [1.82, 2.24) is 19.9 Å². The Hall–Kier alpha value is -2.28. The van der Waals surface area contributed by atoms with Gasteiger partial charge in [0.2, 0.25) is 0 Å². The van der Waals surface area contributed by atoms with Crippen LogP contribution in [0.4, 0.5) is 5.82 Å². The summed E-state index contributed by atoms with van der Waals surface area (Å²) in [5.74, 6) is 1.31. The maximum atomic E-state index is 5.79. The zero-order chi connectivity index (χ0) is 14.8. The minimum Gasteiger partial charge on any atom is -0.494 e. The predicted octanol–water partition coefficient (Wildman–Crippen LogP) is 2.79. The van der Waals surface area contributed by atoms with E-state index in [0.29, 0.717) is 12.4 Å². The summed E-state index contributed by atoms with van der Waals surface area (Å²) in [4.78, 5) is 16.0. The van der Waals surface area contributed by atoms with Gasteiger partial charge in [-0.15, -0.1) is 0 Å². The zero-order valence-electron chi connectivity index (χ0n) is 11.8. The van der Waals surface area contributed by atoms with Gasteiger partial charge in [-0.2, -0.15) is 0 Å². The number of ether oxygens (including phenoxy) is 1. The lowest BCUT2D eigenvalue weighted by atomic mass is 10.3. The van der Waals surface area contributed by atoms with Gasteiger partial charge in [0.15, 0.2) is 5.16 Å². The van der Waals surface area contributed by atoms with Crippen molar-refractivity contribution >= 4 is 28.6 Å². The van der Waals surface area contributed by atoms with Crippen molar-refractivity contribution in [1.29, 1.82) is 0 Å². The van der Waals surface area contributed by atoms with Crippen molar-refractivity contribution in [3.05, 3.63) is 30.1 Å². The molecule has 0 amide bonds. The van der Waals surface area contributed by atoms with E-state index in [9.17, 15) is 0 Å². The van der Waals surface area contributed by atoms with Crippen LogP contribution in [0, 0.1) is 6.92 Å². The Labute approximate surface area is 126 Å². The first-order valence-corrected chi connectivity index (χ1v) is 7.36. The van der Waals surface area contributed by atoms with E-state index in [1.165, 1.54) is 18.1 Å². The summed E-state index contributed by atoms with van der Waals surface area (Å²) in [6.45, 7) is 4.49. The van der Waals surface area contributed by atoms with Crippen LogP contribution >= 0.6 is 11.8 Å². The third-order valence-corrected chi connectivity index (χ3v) is 4.00. The van der Waals surface area contributed by atoms with E-state index in [1.807, 2.05) is 32.0 Å². The minimum absolute atomic E-state index is 0.488. The van der Waals surface area contributed by atoms with Gasteiger partial charge in [0, 0.05) is 11.6 Å². The van der Waals surface area contributed by atoms with Gasteiger partial charge in [0.1, 0.15) is 22.9 Å². The summed E-state index contributed by atoms with van der Waals surface area (Å²) in [6, 6.07) is 5.79. The second-order valence-corrected chi connectivity index (χ2v) is 5.42. The van der Waals surface area contributed by atoms with Crippen LogP contribution < -0.4 is 10.5 Å². The van der Waals surface area contributed by atoms with Gasteiger partial charge in [0.05, 0.1) is 17.6 Å². The highest BCUT2D eigenvalue weighted by Crippen LogP contribution is 2.30. The van der Waals surface area contributed by atoms with E-state index in [2.05, 4.69) is 19.9 Å². The van der Waals surface area contributed by atoms with Gasteiger partial charge < -0.3 is 15.5 Å². The van der Waals surface area contributed by atoms with Crippen LogP contribution in [0.2, 0.25) is 0 Å². The lowest BCUT2D eigenvalue weighted by Crippen LogP contribution is -1.97. The molecule has 3 rings (SSSR count). The van der Waals surface area contributed by atoms with Gasteiger partial charge in [-0.1, -0.05) is 0 Å². The average Bonchev–Trinajstić information content (AvgIpc) is 2.86. The number of hydrogen-bond acceptors (Lipinski definition) is 6. The SMILES string of the molecule is CCOc1ccc2nc(Sc3ncnc(N)c3C)[nH]c2c1. The highest BCUT2D eigenvalue weighted by atomic mass is 32.2. The molecular weight excluding hydrogens is 286 g/mol. The number of aromatic nitrogens is 4. The van der Waals surface area contributed by atoms with Crippen LogP contribution in [0.25, 0.3) is 11.0 Å². The summed E-state index contributed by atoms with van der Waals surface area (Å²) >= 11 is 1.43. The lowest BCUT2D eigenvalue weighted by molar-refractivity contribution is 0.340. The van der Waals surface area contributed by atoms with E-state index in [0.717, 1.165) is 32.5 Å². The maximum Gasteiger partial charge on any atom is 0.172 e. The first kappa shape index (κ1) is 13.7. The van der Waals surface area contributed by atoms with Gasteiger partial charge in [-0.05, 0) is 37.7 Å². The Bertz CT molecular complexity index is 786. The smallest absolute Gasteiger partial charge is 0.172 e. The highest BCUT2D eigenvalue weighted by molar-refractivity contribution is 7.99. The van der Waals surface area contributed by atoms with E-state index < -0.39 is 0 Å². The number of hydrogen-bond donors (Lipinski definition) is 2. The van der Waals surface area contributed by atoms with Crippen molar-refractivity contribution in [2.45, 2.75) is 24.0 Å². The van der Waals surface area contributed by atoms with Crippen LogP contribution in [-0.4, -0.2) is 26.5 Å². The fourth-order valence-electron chi connectivity index (χ4n) is 1.91. The zero-order valence-corrected chi connectivity index (χ0v) is 12.6. The molecule has 21 heavy (non-hydrogen) atoms. The number of anilines is 1. The number of rotatable bonds is 4. The van der Waals surface area contributed by atoms with Crippen molar-refractivity contribution in [2.24, 2.45) is 0 Å². The molecule has 0 fully saturated rings. The van der Waals surface area contributed by atoms with Crippen LogP contribution in [-0.2, 0) is 0 Å². The largest absolute Gasteiger partial charge is 0.494 e. The Balaban J connectivity index is 1.92. The first-order chi connectivity index (χ1) is 10.2. The van der Waals surface area contributed by atoms with Gasteiger partial charge in [-0.25, -0.2) is 15.0 Å². The molecule has 0 radical (unpaired) electrons. The number of H-pyrrole nitrogens is 1. The summed E-state index contributed by atoms with van der Waals surface area (Å²) in [5.41, 5.74) is 8.47. The molecule has 1 aromatic carbocycles. The third kappa shape index (κ3) is 2.78. The highest BCUT2D eigenvalue weighted by Gasteiger charge is 2.10. The number of nitrogen functional groups attached to an aromatic ring is 1. The number of imidazole rings is 1. The van der Waals surface area contributed by atoms with Gasteiger partial charge in [0.25, 0.3) is 0 Å². The van der Waals surface area contributed by atoms with Crippen molar-refractivity contribution < 1.29 is 4.74 Å². The quantitative estimate of drug-likeness (QED) is 0.720. The topological polar surface area (TPSA) is 89.7 Å². The molecule has 3 N–H and O–H groups in total. The number of nitrogens with one attached hydrogen (secondary N) is 1. The molecule has 0 aliphatic carbocycles. The molecule has 0 spiro atoms. The number of aromatic amines is 1. The Morgan fingerprint density at radius 1 is 1.33 bits per heavy atom. The predicted molar refractivity (Wildman–Crippen MR) is 82.6 cm³/mol. The van der Waals surface area contributed by atoms with Crippen molar-refractivity contribution in [3.63, 3.8) is 0 Å². The fourth-order valence-corrected chi connectivity index (χ4v) is 2.76. The molecular formula is C14H15N5OS. The normalized spacial score (nSPS) is 11.0. The molecule has 2 aromatic heterocycles. The van der Waals surface area contributed by atoms with Crippen LogP contribution in [0.15, 0.2) is 34.7 Å². The number of benzene rings is 1. The number of fused-ring (bicyclic) bond motifs is 1. The molecule has 0 bridgehead atoms. The molecule has 7 heteroatoms. The third-order valence-electron chi connectivity index (χ3n) is 3.01. The molecule has 2 heterocycles. The monoisotopic (exact) mass is 301 g/mol. The summed E-state index contributed by atoms with van der Waals surface area (Å²) in [5, 5.41) is 1.56. The number of nitrogens with two attached hydrogens (primary N) is 1. The fraction of sp³-hybridized carbons (Fsp3) is 0.214. The summed E-state index contributed by atoms with van der Waals surface area (Å²) in [6.07, 6.45) is 1.46. The van der Waals surface area contributed by atoms with E-state index in [-0.39, 0.29) is 0 Å². The van der Waals surface area contributed by atoms with E-state index in [1.54, 1.807) is 0 Å². The maximum absolute atomic E-state index is 5.79. The summed E-state index contributed by atoms with van der Waals surface area (Å²) in [7, 11) is 0. The molecule has 0 saturated heterocycles. The molecule has 0 saturated carbocycles. The Morgan fingerprint density at radius 3 is 3.00 bits per heavy atom. The van der Waals surface area contributed by atoms with Crippen LogP contribution in [0.5, 0.6) is 5.75 Å². The Kier molecular flexibility index (Phi) is 3.66. The van der Waals surface area contributed by atoms with Gasteiger partial charge in [-0.3, -0.25) is 0 Å².